The van der Waals surface area contributed by atoms with Crippen LogP contribution in [0.15, 0.2) is 72.9 Å². The van der Waals surface area contributed by atoms with Crippen molar-refractivity contribution in [3.8, 4) is 0 Å². The molecule has 29 heavy (non-hydrogen) atoms. The number of benzene rings is 2. The molecule has 0 saturated heterocycles. The molecule has 2 heterocycles. The number of nitrogens with two attached hydrogens (primary N) is 1. The highest BCUT2D eigenvalue weighted by molar-refractivity contribution is 6.31. The van der Waals surface area contributed by atoms with Crippen LogP contribution in [0.1, 0.15) is 26.4 Å². The van der Waals surface area contributed by atoms with Gasteiger partial charge in [0.05, 0.1) is 16.8 Å². The Balaban J connectivity index is 1.81. The number of carbonyl (C=O) groups is 2. The average molecular weight is 408 g/mol. The minimum atomic E-state index is -0.466. The molecule has 7 heteroatoms. The molecule has 4 rings (SSSR count). The molecule has 0 radical (unpaired) electrons. The van der Waals surface area contributed by atoms with Crippen LogP contribution >= 0.6 is 11.6 Å². The highest BCUT2D eigenvalue weighted by atomic mass is 35.5. The lowest BCUT2D eigenvalue weighted by atomic mass is 10.1. The summed E-state index contributed by atoms with van der Waals surface area (Å²) in [5.74, 6) is -1.33. The predicted octanol–water partition coefficient (Wildman–Crippen LogP) is 4.80. The molecule has 0 aliphatic rings. The van der Waals surface area contributed by atoms with Gasteiger partial charge < -0.3 is 15.5 Å². The molecule has 2 aromatic heterocycles. The number of rotatable bonds is 4. The highest BCUT2D eigenvalue weighted by Gasteiger charge is 2.26. The van der Waals surface area contributed by atoms with E-state index in [0.29, 0.717) is 16.2 Å². The highest BCUT2D eigenvalue weighted by Crippen LogP contribution is 2.29. The van der Waals surface area contributed by atoms with E-state index in [-0.39, 0.29) is 22.5 Å². The standard InChI is InChI=1S/C22H15ClFN3O2/c23-14-4-3-5-16(12-14)26-22(29)18-17-6-1-2-11-27(17)20(19(18)25)21(28)13-7-9-15(24)10-8-13/h1-12H,25H2,(H,26,29). The quantitative estimate of drug-likeness (QED) is 0.477. The lowest BCUT2D eigenvalue weighted by Crippen LogP contribution is -2.14. The number of carbonyl (C=O) groups excluding carboxylic acids is 2. The van der Waals surface area contributed by atoms with Gasteiger partial charge >= 0.3 is 0 Å². The minimum Gasteiger partial charge on any atom is -0.396 e. The summed E-state index contributed by atoms with van der Waals surface area (Å²) >= 11 is 5.97. The van der Waals surface area contributed by atoms with Crippen molar-refractivity contribution < 1.29 is 14.0 Å². The summed E-state index contributed by atoms with van der Waals surface area (Å²) in [6.07, 6.45) is 1.65. The van der Waals surface area contributed by atoms with Crippen LogP contribution in [-0.4, -0.2) is 16.1 Å². The fourth-order valence-corrected chi connectivity index (χ4v) is 3.39. The Morgan fingerprint density at radius 2 is 1.76 bits per heavy atom. The van der Waals surface area contributed by atoms with Gasteiger partial charge in [0.1, 0.15) is 11.5 Å². The summed E-state index contributed by atoms with van der Waals surface area (Å²) in [6.45, 7) is 0. The van der Waals surface area contributed by atoms with Crippen LogP contribution in [0.5, 0.6) is 0 Å². The van der Waals surface area contributed by atoms with Crippen molar-refractivity contribution in [3.05, 3.63) is 101 Å². The van der Waals surface area contributed by atoms with Crippen molar-refractivity contribution in [2.24, 2.45) is 0 Å². The second kappa shape index (κ2) is 7.41. The van der Waals surface area contributed by atoms with E-state index in [0.717, 1.165) is 0 Å². The van der Waals surface area contributed by atoms with Crippen LogP contribution < -0.4 is 11.1 Å². The van der Waals surface area contributed by atoms with Gasteiger partial charge in [-0.1, -0.05) is 23.7 Å². The molecular weight excluding hydrogens is 393 g/mol. The fourth-order valence-electron chi connectivity index (χ4n) is 3.20. The molecule has 0 atom stereocenters. The normalized spacial score (nSPS) is 10.8. The Morgan fingerprint density at radius 1 is 1.00 bits per heavy atom. The third-order valence-corrected chi connectivity index (χ3v) is 4.75. The second-order valence-electron chi connectivity index (χ2n) is 6.39. The number of nitrogens with zero attached hydrogens (tertiary/aromatic N) is 1. The first-order valence-electron chi connectivity index (χ1n) is 8.71. The second-order valence-corrected chi connectivity index (χ2v) is 6.83. The van der Waals surface area contributed by atoms with Crippen molar-refractivity contribution in [2.45, 2.75) is 0 Å². The van der Waals surface area contributed by atoms with Gasteiger partial charge in [-0.2, -0.15) is 0 Å². The van der Waals surface area contributed by atoms with Gasteiger partial charge in [0.2, 0.25) is 5.78 Å². The van der Waals surface area contributed by atoms with E-state index in [1.165, 1.54) is 24.3 Å². The molecule has 0 spiro atoms. The molecule has 0 bridgehead atoms. The minimum absolute atomic E-state index is 0.0463. The third kappa shape index (κ3) is 3.46. The third-order valence-electron chi connectivity index (χ3n) is 4.51. The van der Waals surface area contributed by atoms with Gasteiger partial charge in [-0.3, -0.25) is 9.59 Å². The van der Waals surface area contributed by atoms with Crippen LogP contribution in [-0.2, 0) is 0 Å². The first kappa shape index (κ1) is 18.7. The largest absolute Gasteiger partial charge is 0.396 e. The van der Waals surface area contributed by atoms with Gasteiger partial charge in [0.25, 0.3) is 5.91 Å². The van der Waals surface area contributed by atoms with Crippen molar-refractivity contribution in [1.82, 2.24) is 4.40 Å². The Labute approximate surface area is 170 Å². The molecule has 5 nitrogen and oxygen atoms in total. The first-order valence-corrected chi connectivity index (χ1v) is 9.09. The molecule has 2 aromatic carbocycles. The molecular formula is C22H15ClFN3O2. The number of halogens is 2. The van der Waals surface area contributed by atoms with Crippen molar-refractivity contribution in [1.29, 1.82) is 0 Å². The summed E-state index contributed by atoms with van der Waals surface area (Å²) in [7, 11) is 0. The Hall–Kier alpha value is -3.64. The molecule has 144 valence electrons. The number of nitrogen functional groups attached to an aromatic ring is 1. The van der Waals surface area contributed by atoms with Crippen molar-refractivity contribution in [2.75, 3.05) is 11.1 Å². The number of amides is 1. The molecule has 0 aliphatic heterocycles. The van der Waals surface area contributed by atoms with E-state index in [1.54, 1.807) is 53.1 Å². The van der Waals surface area contributed by atoms with Gasteiger partial charge in [-0.05, 0) is 54.6 Å². The van der Waals surface area contributed by atoms with Gasteiger partial charge in [-0.15, -0.1) is 0 Å². The lowest BCUT2D eigenvalue weighted by molar-refractivity contribution is 0.102. The summed E-state index contributed by atoms with van der Waals surface area (Å²) in [5.41, 5.74) is 7.88. The van der Waals surface area contributed by atoms with Crippen LogP contribution in [0.4, 0.5) is 15.8 Å². The van der Waals surface area contributed by atoms with E-state index in [9.17, 15) is 14.0 Å². The zero-order valence-corrected chi connectivity index (χ0v) is 15.8. The first-order chi connectivity index (χ1) is 14.0. The summed E-state index contributed by atoms with van der Waals surface area (Å²) < 4.78 is 14.8. The topological polar surface area (TPSA) is 76.6 Å². The van der Waals surface area contributed by atoms with E-state index in [1.807, 2.05) is 0 Å². The maximum absolute atomic E-state index is 13.2. The molecule has 3 N–H and O–H groups in total. The molecule has 0 unspecified atom stereocenters. The van der Waals surface area contributed by atoms with Crippen LogP contribution in [0.25, 0.3) is 5.52 Å². The average Bonchev–Trinajstić information content (AvgIpc) is 3.00. The zero-order valence-electron chi connectivity index (χ0n) is 15.0. The monoisotopic (exact) mass is 407 g/mol. The van der Waals surface area contributed by atoms with Gasteiger partial charge in [-0.25, -0.2) is 4.39 Å². The number of ketones is 1. The number of pyridine rings is 1. The molecule has 0 fully saturated rings. The van der Waals surface area contributed by atoms with Crippen LogP contribution in [0.2, 0.25) is 5.02 Å². The van der Waals surface area contributed by atoms with Crippen LogP contribution in [0.3, 0.4) is 0 Å². The zero-order chi connectivity index (χ0) is 20.5. The lowest BCUT2D eigenvalue weighted by Gasteiger charge is -2.06. The molecule has 1 amide bonds. The Kier molecular flexibility index (Phi) is 4.78. The van der Waals surface area contributed by atoms with E-state index < -0.39 is 17.5 Å². The van der Waals surface area contributed by atoms with Crippen molar-refractivity contribution >= 4 is 40.2 Å². The van der Waals surface area contributed by atoms with Gasteiger partial charge in [0.15, 0.2) is 0 Å². The number of hydrogen-bond donors (Lipinski definition) is 2. The smallest absolute Gasteiger partial charge is 0.259 e. The molecule has 0 saturated carbocycles. The number of nitrogens with one attached hydrogen (secondary N) is 1. The SMILES string of the molecule is Nc1c(C(=O)Nc2cccc(Cl)c2)c2ccccn2c1C(=O)c1ccc(F)cc1. The Bertz CT molecular complexity index is 1250. The fraction of sp³-hybridized carbons (Fsp3) is 0. The predicted molar refractivity (Wildman–Crippen MR) is 111 cm³/mol. The maximum atomic E-state index is 13.2. The Morgan fingerprint density at radius 3 is 2.48 bits per heavy atom. The number of aromatic nitrogens is 1. The summed E-state index contributed by atoms with van der Waals surface area (Å²) in [5, 5.41) is 3.23. The van der Waals surface area contributed by atoms with E-state index >= 15 is 0 Å². The van der Waals surface area contributed by atoms with Crippen LogP contribution in [0, 0.1) is 5.82 Å². The molecule has 0 aliphatic carbocycles. The van der Waals surface area contributed by atoms with Crippen molar-refractivity contribution in [3.63, 3.8) is 0 Å². The summed E-state index contributed by atoms with van der Waals surface area (Å²) in [4.78, 5) is 26.0. The molecule has 4 aromatic rings. The van der Waals surface area contributed by atoms with E-state index in [4.69, 9.17) is 17.3 Å². The van der Waals surface area contributed by atoms with Gasteiger partial charge in [0, 0.05) is 22.5 Å². The number of hydrogen-bond acceptors (Lipinski definition) is 3. The maximum Gasteiger partial charge on any atom is 0.259 e. The number of fused-ring (bicyclic) bond motifs is 1. The number of anilines is 2. The summed E-state index contributed by atoms with van der Waals surface area (Å²) in [6, 6.07) is 17.0. The van der Waals surface area contributed by atoms with E-state index in [2.05, 4.69) is 5.32 Å².